The van der Waals surface area contributed by atoms with Crippen molar-refractivity contribution in [2.24, 2.45) is 5.41 Å². The van der Waals surface area contributed by atoms with Crippen LogP contribution in [0.4, 0.5) is 0 Å². The van der Waals surface area contributed by atoms with Crippen LogP contribution >= 0.6 is 0 Å². The Morgan fingerprint density at radius 1 is 1.32 bits per heavy atom. The summed E-state index contributed by atoms with van der Waals surface area (Å²) >= 11 is 0. The van der Waals surface area contributed by atoms with Gasteiger partial charge >= 0.3 is 5.97 Å². The first-order chi connectivity index (χ1) is 12.0. The van der Waals surface area contributed by atoms with E-state index in [1.165, 1.54) is 0 Å². The number of hydrogen-bond donors (Lipinski definition) is 1. The van der Waals surface area contributed by atoms with Crippen molar-refractivity contribution in [1.29, 1.82) is 0 Å². The van der Waals surface area contributed by atoms with E-state index in [1.807, 2.05) is 6.07 Å². The number of likely N-dealkylation sites (tertiary alicyclic amines) is 1. The Balaban J connectivity index is 1.68. The summed E-state index contributed by atoms with van der Waals surface area (Å²) in [5.74, 6) is 0.397. The van der Waals surface area contributed by atoms with Gasteiger partial charge in [0.2, 0.25) is 12.7 Å². The third kappa shape index (κ3) is 3.71. The van der Waals surface area contributed by atoms with E-state index in [9.17, 15) is 14.7 Å². The third-order valence-corrected chi connectivity index (χ3v) is 4.96. The lowest BCUT2D eigenvalue weighted by Crippen LogP contribution is -2.50. The molecule has 0 radical (unpaired) electrons. The van der Waals surface area contributed by atoms with Crippen molar-refractivity contribution in [3.63, 3.8) is 0 Å². The zero-order valence-electron chi connectivity index (χ0n) is 14.3. The van der Waals surface area contributed by atoms with Gasteiger partial charge in [0.15, 0.2) is 11.5 Å². The summed E-state index contributed by atoms with van der Waals surface area (Å²) in [5, 5.41) is 9.69. The molecule has 136 valence electrons. The van der Waals surface area contributed by atoms with Gasteiger partial charge in [0, 0.05) is 26.8 Å². The van der Waals surface area contributed by atoms with Gasteiger partial charge in [-0.2, -0.15) is 0 Å². The second-order valence-corrected chi connectivity index (χ2v) is 6.61. The number of carboxylic acid groups (broad SMARTS) is 1. The van der Waals surface area contributed by atoms with E-state index in [0.29, 0.717) is 43.9 Å². The molecule has 2 aliphatic rings. The van der Waals surface area contributed by atoms with E-state index in [2.05, 4.69) is 0 Å². The van der Waals surface area contributed by atoms with Gasteiger partial charge in [-0.3, -0.25) is 9.59 Å². The lowest BCUT2D eigenvalue weighted by atomic mass is 9.77. The molecule has 0 aliphatic carbocycles. The maximum absolute atomic E-state index is 12.7. The summed E-state index contributed by atoms with van der Waals surface area (Å²) in [5.41, 5.74) is -0.0867. The largest absolute Gasteiger partial charge is 0.481 e. The number of fused-ring (bicyclic) bond motifs is 1. The van der Waals surface area contributed by atoms with Gasteiger partial charge in [0.1, 0.15) is 0 Å². The van der Waals surface area contributed by atoms with Crippen molar-refractivity contribution in [2.45, 2.75) is 25.7 Å². The minimum Gasteiger partial charge on any atom is -0.481 e. The molecule has 1 atom stereocenters. The van der Waals surface area contributed by atoms with Gasteiger partial charge in [0.25, 0.3) is 0 Å². The summed E-state index contributed by atoms with van der Waals surface area (Å²) < 4.78 is 15.7. The fourth-order valence-corrected chi connectivity index (χ4v) is 3.46. The Kier molecular flexibility index (Phi) is 5.13. The number of amides is 1. The Labute approximate surface area is 146 Å². The van der Waals surface area contributed by atoms with Crippen LogP contribution in [0.25, 0.3) is 0 Å². The topological polar surface area (TPSA) is 85.3 Å². The van der Waals surface area contributed by atoms with Gasteiger partial charge < -0.3 is 24.2 Å². The number of benzene rings is 1. The molecule has 2 heterocycles. The van der Waals surface area contributed by atoms with E-state index in [1.54, 1.807) is 24.1 Å². The van der Waals surface area contributed by atoms with Crippen LogP contribution in [0.1, 0.15) is 24.8 Å². The average Bonchev–Trinajstić information content (AvgIpc) is 3.07. The fraction of sp³-hybridized carbons (Fsp3) is 0.556. The molecule has 0 aromatic heterocycles. The Bertz CT molecular complexity index is 661. The molecule has 1 N–H and O–H groups in total. The normalized spacial score (nSPS) is 22.0. The molecule has 7 nitrogen and oxygen atoms in total. The highest BCUT2D eigenvalue weighted by Crippen LogP contribution is 2.35. The van der Waals surface area contributed by atoms with Gasteiger partial charge in [-0.15, -0.1) is 0 Å². The zero-order valence-corrected chi connectivity index (χ0v) is 14.3. The van der Waals surface area contributed by atoms with Crippen LogP contribution in [0.3, 0.4) is 0 Å². The molecule has 3 rings (SSSR count). The Morgan fingerprint density at radius 3 is 2.88 bits per heavy atom. The number of nitrogens with zero attached hydrogens (tertiary/aromatic N) is 1. The van der Waals surface area contributed by atoms with E-state index in [-0.39, 0.29) is 25.7 Å². The molecule has 0 unspecified atom stereocenters. The van der Waals surface area contributed by atoms with Crippen LogP contribution < -0.4 is 9.47 Å². The summed E-state index contributed by atoms with van der Waals surface area (Å²) in [6, 6.07) is 5.44. The number of piperidine rings is 1. The monoisotopic (exact) mass is 349 g/mol. The van der Waals surface area contributed by atoms with E-state index in [4.69, 9.17) is 14.2 Å². The van der Waals surface area contributed by atoms with Crippen LogP contribution in [-0.2, 0) is 20.7 Å². The highest BCUT2D eigenvalue weighted by molar-refractivity contribution is 5.81. The number of carbonyl (C=O) groups excluding carboxylic acids is 1. The molecule has 1 saturated heterocycles. The Hall–Kier alpha value is -2.28. The molecule has 2 aliphatic heterocycles. The summed E-state index contributed by atoms with van der Waals surface area (Å²) in [6.45, 7) is 1.39. The van der Waals surface area contributed by atoms with E-state index >= 15 is 0 Å². The number of methoxy groups -OCH3 is 1. The van der Waals surface area contributed by atoms with Gasteiger partial charge in [-0.1, -0.05) is 6.07 Å². The van der Waals surface area contributed by atoms with Gasteiger partial charge in [-0.25, -0.2) is 0 Å². The third-order valence-electron chi connectivity index (χ3n) is 4.96. The van der Waals surface area contributed by atoms with Crippen molar-refractivity contribution >= 4 is 11.9 Å². The molecule has 1 aromatic rings. The summed E-state index contributed by atoms with van der Waals surface area (Å²) in [4.78, 5) is 26.2. The zero-order chi connectivity index (χ0) is 17.9. The molecule has 1 aromatic carbocycles. The first-order valence-corrected chi connectivity index (χ1v) is 8.43. The van der Waals surface area contributed by atoms with Crippen molar-refractivity contribution in [2.75, 3.05) is 33.6 Å². The first kappa shape index (κ1) is 17.5. The molecular weight excluding hydrogens is 326 g/mol. The molecule has 1 amide bonds. The average molecular weight is 349 g/mol. The number of aliphatic carboxylic acids is 1. The lowest BCUT2D eigenvalue weighted by molar-refractivity contribution is -0.156. The first-order valence-electron chi connectivity index (χ1n) is 8.43. The van der Waals surface area contributed by atoms with Gasteiger partial charge in [-0.05, 0) is 37.0 Å². The number of rotatable bonds is 6. The molecule has 7 heteroatoms. The highest BCUT2D eigenvalue weighted by Gasteiger charge is 2.43. The smallest absolute Gasteiger partial charge is 0.311 e. The molecule has 0 spiro atoms. The number of carboxylic acids is 1. The van der Waals surface area contributed by atoms with E-state index < -0.39 is 11.4 Å². The molecule has 1 fully saturated rings. The van der Waals surface area contributed by atoms with Crippen molar-refractivity contribution in [1.82, 2.24) is 4.90 Å². The fourth-order valence-electron chi connectivity index (χ4n) is 3.46. The van der Waals surface area contributed by atoms with Crippen molar-refractivity contribution in [3.05, 3.63) is 23.8 Å². The Morgan fingerprint density at radius 2 is 2.12 bits per heavy atom. The summed E-state index contributed by atoms with van der Waals surface area (Å²) in [7, 11) is 1.56. The van der Waals surface area contributed by atoms with Crippen LogP contribution in [0.15, 0.2) is 18.2 Å². The second kappa shape index (κ2) is 7.31. The molecular formula is C18H23NO6. The predicted molar refractivity (Wildman–Crippen MR) is 88.6 cm³/mol. The highest BCUT2D eigenvalue weighted by atomic mass is 16.7. The SMILES string of the molecule is COCC[C@@]1(C(=O)O)CCCN(C(=O)Cc2ccc3c(c2)OCO3)C1. The maximum atomic E-state index is 12.7. The molecule has 0 bridgehead atoms. The number of ether oxygens (including phenoxy) is 3. The predicted octanol–water partition coefficient (Wildman–Crippen LogP) is 1.69. The molecule has 0 saturated carbocycles. The van der Waals surface area contributed by atoms with Crippen LogP contribution in [0.5, 0.6) is 11.5 Å². The second-order valence-electron chi connectivity index (χ2n) is 6.61. The van der Waals surface area contributed by atoms with Crippen molar-refractivity contribution < 1.29 is 28.9 Å². The van der Waals surface area contributed by atoms with Gasteiger partial charge in [0.05, 0.1) is 11.8 Å². The maximum Gasteiger partial charge on any atom is 0.311 e. The number of hydrogen-bond acceptors (Lipinski definition) is 5. The number of carbonyl (C=O) groups is 2. The standard InChI is InChI=1S/C18H23NO6/c1-23-8-6-18(17(21)22)5-2-7-19(11-18)16(20)10-13-3-4-14-15(9-13)25-12-24-14/h3-4,9H,2,5-8,10-12H2,1H3,(H,21,22)/t18-/m0/s1. The van der Waals surface area contributed by atoms with Crippen LogP contribution in [0, 0.1) is 5.41 Å². The lowest BCUT2D eigenvalue weighted by Gasteiger charge is -2.40. The minimum absolute atomic E-state index is 0.0680. The summed E-state index contributed by atoms with van der Waals surface area (Å²) in [6.07, 6.45) is 1.88. The van der Waals surface area contributed by atoms with E-state index in [0.717, 1.165) is 5.56 Å². The van der Waals surface area contributed by atoms with Crippen LogP contribution in [-0.4, -0.2) is 55.5 Å². The van der Waals surface area contributed by atoms with Crippen molar-refractivity contribution in [3.8, 4) is 11.5 Å². The quantitative estimate of drug-likeness (QED) is 0.841. The molecule has 25 heavy (non-hydrogen) atoms. The minimum atomic E-state index is -0.918. The van der Waals surface area contributed by atoms with Crippen LogP contribution in [0.2, 0.25) is 0 Å².